The molecule has 0 aliphatic heterocycles. The van der Waals surface area contributed by atoms with Crippen LogP contribution >= 0.6 is 11.6 Å². The molecule has 4 nitrogen and oxygen atoms in total. The lowest BCUT2D eigenvalue weighted by Gasteiger charge is -2.01. The van der Waals surface area contributed by atoms with Gasteiger partial charge in [0.05, 0.1) is 16.3 Å². The third-order valence-corrected chi connectivity index (χ3v) is 3.35. The van der Waals surface area contributed by atoms with E-state index in [0.29, 0.717) is 28.0 Å². The Bertz CT molecular complexity index is 750. The van der Waals surface area contributed by atoms with Gasteiger partial charge in [0.1, 0.15) is 0 Å². The standard InChI is InChI=1S/C15H12ClN3O/c1-9-5-7-10(8-6-9)14-18-15(20-19-14)11-3-2-4-12(16)13(11)17/h2-8H,17H2,1H3. The zero-order valence-electron chi connectivity index (χ0n) is 10.8. The van der Waals surface area contributed by atoms with E-state index >= 15 is 0 Å². The second-order valence-electron chi connectivity index (χ2n) is 4.49. The molecule has 0 bridgehead atoms. The van der Waals surface area contributed by atoms with Crippen molar-refractivity contribution in [3.05, 3.63) is 53.1 Å². The molecule has 100 valence electrons. The summed E-state index contributed by atoms with van der Waals surface area (Å²) in [5.41, 5.74) is 9.07. The van der Waals surface area contributed by atoms with E-state index in [1.165, 1.54) is 5.56 Å². The second kappa shape index (κ2) is 4.98. The highest BCUT2D eigenvalue weighted by Crippen LogP contribution is 2.31. The van der Waals surface area contributed by atoms with Gasteiger partial charge in [0.2, 0.25) is 5.82 Å². The van der Waals surface area contributed by atoms with E-state index in [0.717, 1.165) is 5.56 Å². The summed E-state index contributed by atoms with van der Waals surface area (Å²) in [5, 5.41) is 4.45. The summed E-state index contributed by atoms with van der Waals surface area (Å²) in [6.45, 7) is 2.03. The van der Waals surface area contributed by atoms with Crippen molar-refractivity contribution >= 4 is 17.3 Å². The van der Waals surface area contributed by atoms with Crippen molar-refractivity contribution in [1.82, 2.24) is 10.1 Å². The average molecular weight is 286 g/mol. The molecule has 0 saturated heterocycles. The molecule has 0 amide bonds. The molecular weight excluding hydrogens is 274 g/mol. The molecule has 0 aliphatic rings. The van der Waals surface area contributed by atoms with Crippen molar-refractivity contribution in [2.24, 2.45) is 0 Å². The number of aryl methyl sites for hydroxylation is 1. The van der Waals surface area contributed by atoms with Gasteiger partial charge >= 0.3 is 0 Å². The number of nitrogen functional groups attached to an aromatic ring is 1. The van der Waals surface area contributed by atoms with Crippen LogP contribution in [0, 0.1) is 6.92 Å². The fourth-order valence-electron chi connectivity index (χ4n) is 1.88. The number of nitrogens with zero attached hydrogens (tertiary/aromatic N) is 2. The average Bonchev–Trinajstić information content (AvgIpc) is 2.92. The summed E-state index contributed by atoms with van der Waals surface area (Å²) in [4.78, 5) is 4.37. The Balaban J connectivity index is 2.02. The molecule has 0 aliphatic carbocycles. The van der Waals surface area contributed by atoms with Crippen molar-refractivity contribution in [2.75, 3.05) is 5.73 Å². The highest BCUT2D eigenvalue weighted by Gasteiger charge is 2.14. The van der Waals surface area contributed by atoms with Crippen molar-refractivity contribution in [2.45, 2.75) is 6.92 Å². The Morgan fingerprint density at radius 1 is 1.10 bits per heavy atom. The van der Waals surface area contributed by atoms with Crippen LogP contribution in [0.5, 0.6) is 0 Å². The van der Waals surface area contributed by atoms with Crippen LogP contribution in [0.1, 0.15) is 5.56 Å². The predicted octanol–water partition coefficient (Wildman–Crippen LogP) is 3.95. The number of aromatic nitrogens is 2. The molecule has 0 saturated carbocycles. The fourth-order valence-corrected chi connectivity index (χ4v) is 2.05. The summed E-state index contributed by atoms with van der Waals surface area (Å²) in [6, 6.07) is 13.2. The number of hydrogen-bond donors (Lipinski definition) is 1. The number of rotatable bonds is 2. The summed E-state index contributed by atoms with van der Waals surface area (Å²) in [6.07, 6.45) is 0. The highest BCUT2D eigenvalue weighted by molar-refractivity contribution is 6.33. The van der Waals surface area contributed by atoms with Crippen LogP contribution in [-0.2, 0) is 0 Å². The summed E-state index contributed by atoms with van der Waals surface area (Å²) in [5.74, 6) is 0.889. The lowest BCUT2D eigenvalue weighted by atomic mass is 10.1. The number of anilines is 1. The third kappa shape index (κ3) is 2.26. The van der Waals surface area contributed by atoms with Gasteiger partial charge in [0, 0.05) is 5.56 Å². The van der Waals surface area contributed by atoms with E-state index in [4.69, 9.17) is 21.9 Å². The van der Waals surface area contributed by atoms with E-state index in [1.54, 1.807) is 18.2 Å². The van der Waals surface area contributed by atoms with Gasteiger partial charge in [0.25, 0.3) is 5.89 Å². The Morgan fingerprint density at radius 3 is 2.60 bits per heavy atom. The maximum absolute atomic E-state index is 5.99. The summed E-state index contributed by atoms with van der Waals surface area (Å²) in [7, 11) is 0. The first kappa shape index (κ1) is 12.7. The number of nitrogens with two attached hydrogens (primary N) is 1. The number of hydrogen-bond acceptors (Lipinski definition) is 4. The molecule has 1 heterocycles. The molecule has 3 rings (SSSR count). The smallest absolute Gasteiger partial charge is 0.260 e. The maximum atomic E-state index is 5.99. The molecule has 2 aromatic carbocycles. The Hall–Kier alpha value is -2.33. The molecule has 1 aromatic heterocycles. The van der Waals surface area contributed by atoms with Gasteiger partial charge in [-0.25, -0.2) is 0 Å². The normalized spacial score (nSPS) is 10.7. The van der Waals surface area contributed by atoms with Gasteiger partial charge in [-0.3, -0.25) is 0 Å². The van der Waals surface area contributed by atoms with Crippen LogP contribution in [0.25, 0.3) is 22.8 Å². The lowest BCUT2D eigenvalue weighted by Crippen LogP contribution is -1.91. The highest BCUT2D eigenvalue weighted by atomic mass is 35.5. The molecule has 2 N–H and O–H groups in total. The minimum Gasteiger partial charge on any atom is -0.397 e. The maximum Gasteiger partial charge on any atom is 0.260 e. The van der Waals surface area contributed by atoms with Crippen LogP contribution in [0.3, 0.4) is 0 Å². The number of benzene rings is 2. The van der Waals surface area contributed by atoms with E-state index in [-0.39, 0.29) is 0 Å². The molecule has 3 aromatic rings. The van der Waals surface area contributed by atoms with E-state index < -0.39 is 0 Å². The second-order valence-corrected chi connectivity index (χ2v) is 4.90. The largest absolute Gasteiger partial charge is 0.397 e. The molecular formula is C15H12ClN3O. The molecule has 0 fully saturated rings. The fraction of sp³-hybridized carbons (Fsp3) is 0.0667. The first-order chi connectivity index (χ1) is 9.65. The zero-order valence-corrected chi connectivity index (χ0v) is 11.6. The Morgan fingerprint density at radius 2 is 1.85 bits per heavy atom. The lowest BCUT2D eigenvalue weighted by molar-refractivity contribution is 0.432. The van der Waals surface area contributed by atoms with Crippen LogP contribution < -0.4 is 5.73 Å². The topological polar surface area (TPSA) is 64.9 Å². The predicted molar refractivity (Wildman–Crippen MR) is 79.3 cm³/mol. The van der Waals surface area contributed by atoms with Crippen molar-refractivity contribution < 1.29 is 4.52 Å². The van der Waals surface area contributed by atoms with E-state index in [2.05, 4.69) is 10.1 Å². The van der Waals surface area contributed by atoms with Crippen molar-refractivity contribution in [3.8, 4) is 22.8 Å². The summed E-state index contributed by atoms with van der Waals surface area (Å²) < 4.78 is 5.27. The Kier molecular flexibility index (Phi) is 3.16. The van der Waals surface area contributed by atoms with Crippen LogP contribution in [-0.4, -0.2) is 10.1 Å². The molecule has 0 spiro atoms. The van der Waals surface area contributed by atoms with Crippen molar-refractivity contribution in [1.29, 1.82) is 0 Å². The summed E-state index contributed by atoms with van der Waals surface area (Å²) >= 11 is 5.99. The monoisotopic (exact) mass is 285 g/mol. The molecule has 0 unspecified atom stereocenters. The molecule has 0 atom stereocenters. The first-order valence-corrected chi connectivity index (χ1v) is 6.48. The van der Waals surface area contributed by atoms with Gasteiger partial charge in [-0.05, 0) is 19.1 Å². The molecule has 0 radical (unpaired) electrons. The van der Waals surface area contributed by atoms with E-state index in [9.17, 15) is 0 Å². The number of halogens is 1. The molecule has 5 heteroatoms. The van der Waals surface area contributed by atoms with Gasteiger partial charge in [-0.1, -0.05) is 52.7 Å². The van der Waals surface area contributed by atoms with Gasteiger partial charge in [0.15, 0.2) is 0 Å². The SMILES string of the molecule is Cc1ccc(-c2noc(-c3cccc(Cl)c3N)n2)cc1. The number of para-hydroxylation sites is 1. The van der Waals surface area contributed by atoms with Gasteiger partial charge in [-0.15, -0.1) is 0 Å². The van der Waals surface area contributed by atoms with Gasteiger partial charge < -0.3 is 10.3 Å². The quantitative estimate of drug-likeness (QED) is 0.724. The first-order valence-electron chi connectivity index (χ1n) is 6.10. The van der Waals surface area contributed by atoms with Crippen LogP contribution in [0.15, 0.2) is 47.0 Å². The van der Waals surface area contributed by atoms with E-state index in [1.807, 2.05) is 31.2 Å². The van der Waals surface area contributed by atoms with Gasteiger partial charge in [-0.2, -0.15) is 4.98 Å². The third-order valence-electron chi connectivity index (χ3n) is 3.02. The zero-order chi connectivity index (χ0) is 14.1. The Labute approximate surface area is 121 Å². The molecule has 20 heavy (non-hydrogen) atoms. The minimum atomic E-state index is 0.362. The minimum absolute atomic E-state index is 0.362. The van der Waals surface area contributed by atoms with Crippen LogP contribution in [0.4, 0.5) is 5.69 Å². The van der Waals surface area contributed by atoms with Crippen LogP contribution in [0.2, 0.25) is 5.02 Å². The van der Waals surface area contributed by atoms with Crippen molar-refractivity contribution in [3.63, 3.8) is 0 Å².